The Morgan fingerprint density at radius 1 is 0.636 bits per heavy atom. The summed E-state index contributed by atoms with van der Waals surface area (Å²) in [5.74, 6) is 0.833. The van der Waals surface area contributed by atoms with Crippen LogP contribution < -0.4 is 0 Å². The summed E-state index contributed by atoms with van der Waals surface area (Å²) in [6.45, 7) is 4.51. The molecule has 0 aliphatic heterocycles. The Morgan fingerprint density at radius 3 is 2.16 bits per heavy atom. The summed E-state index contributed by atoms with van der Waals surface area (Å²) < 4.78 is 8.71. The molecule has 3 aromatic heterocycles. The standard InChI is InChI=1S/C49H34N3O2.Pt/c1-49(2,34-15-5-3-6-16-34)35-27-32(26-33(28-35)42-29-45-41(30-50-42)39-25-24-31-14-9-10-19-38(31)47(39)54-45)37-21-13-22-43-46(37)51-48(40-20-11-12-23-44(40)53)52(43)36-17-7-4-8-18-36;/h3-25,27-30,53H,1-2H3;/q-1;. The molecule has 0 bridgehead atoms. The van der Waals surface area contributed by atoms with E-state index in [-0.39, 0.29) is 32.2 Å². The van der Waals surface area contributed by atoms with Gasteiger partial charge in [-0.05, 0) is 53.4 Å². The summed E-state index contributed by atoms with van der Waals surface area (Å²) >= 11 is 0. The van der Waals surface area contributed by atoms with E-state index in [1.165, 1.54) is 5.56 Å². The fraction of sp³-hybridized carbons (Fsp3) is 0.0612. The number of imidazole rings is 1. The first-order valence-electron chi connectivity index (χ1n) is 18.1. The predicted octanol–water partition coefficient (Wildman–Crippen LogP) is 12.3. The van der Waals surface area contributed by atoms with Crippen LogP contribution in [-0.4, -0.2) is 19.6 Å². The molecule has 268 valence electrons. The topological polar surface area (TPSA) is 64.1 Å². The quantitative estimate of drug-likeness (QED) is 0.169. The van der Waals surface area contributed by atoms with Gasteiger partial charge in [0.2, 0.25) is 0 Å². The van der Waals surface area contributed by atoms with Gasteiger partial charge in [-0.1, -0.05) is 128 Å². The van der Waals surface area contributed by atoms with Crippen LogP contribution in [-0.2, 0) is 26.5 Å². The Kier molecular flexibility index (Phi) is 8.48. The summed E-state index contributed by atoms with van der Waals surface area (Å²) in [6.07, 6.45) is 1.93. The molecule has 0 unspecified atom stereocenters. The van der Waals surface area contributed by atoms with Gasteiger partial charge in [-0.2, -0.15) is 0 Å². The molecular formula is C49H34N3O2Pt-. The van der Waals surface area contributed by atoms with Crippen molar-refractivity contribution in [2.24, 2.45) is 0 Å². The van der Waals surface area contributed by atoms with Crippen LogP contribution in [0.5, 0.6) is 5.75 Å². The Labute approximate surface area is 332 Å². The summed E-state index contributed by atoms with van der Waals surface area (Å²) in [5.41, 5.74) is 10.4. The smallest absolute Gasteiger partial charge is 0.148 e. The number of nitrogens with zero attached hydrogens (tertiary/aromatic N) is 3. The van der Waals surface area contributed by atoms with Crippen molar-refractivity contribution in [3.63, 3.8) is 0 Å². The van der Waals surface area contributed by atoms with Crippen molar-refractivity contribution in [1.82, 2.24) is 14.5 Å². The van der Waals surface area contributed by atoms with Crippen molar-refractivity contribution in [2.45, 2.75) is 19.3 Å². The number of hydrogen-bond acceptors (Lipinski definition) is 4. The molecule has 0 spiro atoms. The zero-order valence-corrected chi connectivity index (χ0v) is 32.4. The van der Waals surface area contributed by atoms with E-state index in [0.717, 1.165) is 77.4 Å². The average molecular weight is 892 g/mol. The maximum Gasteiger partial charge on any atom is 0.148 e. The third kappa shape index (κ3) is 5.75. The second-order valence-electron chi connectivity index (χ2n) is 14.3. The normalized spacial score (nSPS) is 11.7. The molecule has 55 heavy (non-hydrogen) atoms. The number of rotatable bonds is 6. The van der Waals surface area contributed by atoms with Crippen LogP contribution in [0.25, 0.3) is 83.2 Å². The first kappa shape index (κ1) is 34.5. The summed E-state index contributed by atoms with van der Waals surface area (Å²) in [7, 11) is 0. The fourth-order valence-electron chi connectivity index (χ4n) is 7.78. The summed E-state index contributed by atoms with van der Waals surface area (Å²) in [5, 5.41) is 15.3. The van der Waals surface area contributed by atoms with Gasteiger partial charge >= 0.3 is 0 Å². The van der Waals surface area contributed by atoms with Crippen LogP contribution in [0, 0.1) is 6.07 Å². The van der Waals surface area contributed by atoms with Crippen molar-refractivity contribution in [3.8, 4) is 45.2 Å². The van der Waals surface area contributed by atoms with Crippen molar-refractivity contribution in [2.75, 3.05) is 0 Å². The van der Waals surface area contributed by atoms with Gasteiger partial charge in [-0.15, -0.1) is 29.3 Å². The van der Waals surface area contributed by atoms with E-state index < -0.39 is 0 Å². The van der Waals surface area contributed by atoms with E-state index in [2.05, 4.69) is 122 Å². The second kappa shape index (κ2) is 13.5. The molecule has 0 aliphatic carbocycles. The molecule has 1 N–H and O–H groups in total. The molecule has 7 aromatic carbocycles. The molecule has 6 heteroatoms. The molecule has 0 aliphatic rings. The van der Waals surface area contributed by atoms with E-state index in [4.69, 9.17) is 14.4 Å². The Morgan fingerprint density at radius 2 is 1.35 bits per heavy atom. The average Bonchev–Trinajstić information content (AvgIpc) is 3.80. The van der Waals surface area contributed by atoms with E-state index >= 15 is 0 Å². The molecule has 0 radical (unpaired) electrons. The van der Waals surface area contributed by atoms with Crippen molar-refractivity contribution >= 4 is 43.7 Å². The number of aromatic nitrogens is 3. The van der Waals surface area contributed by atoms with Gasteiger partial charge in [0.15, 0.2) is 0 Å². The molecule has 3 heterocycles. The third-order valence-corrected chi connectivity index (χ3v) is 10.7. The van der Waals surface area contributed by atoms with Crippen molar-refractivity contribution < 1.29 is 30.6 Å². The zero-order chi connectivity index (χ0) is 36.4. The van der Waals surface area contributed by atoms with Crippen LogP contribution in [0.2, 0.25) is 0 Å². The summed E-state index contributed by atoms with van der Waals surface area (Å²) in [6, 6.07) is 57.2. The van der Waals surface area contributed by atoms with Crippen LogP contribution in [0.4, 0.5) is 0 Å². The number of benzene rings is 7. The number of aromatic hydroxyl groups is 1. The number of furan rings is 1. The number of phenolic OH excluding ortho intramolecular Hbond substituents is 1. The van der Waals surface area contributed by atoms with Gasteiger partial charge in [0.1, 0.15) is 22.7 Å². The van der Waals surface area contributed by atoms with Gasteiger partial charge in [0.25, 0.3) is 0 Å². The molecule has 0 saturated heterocycles. The minimum Gasteiger partial charge on any atom is -0.507 e. The summed E-state index contributed by atoms with van der Waals surface area (Å²) in [4.78, 5) is 10.3. The van der Waals surface area contributed by atoms with E-state index in [1.807, 2.05) is 60.8 Å². The molecular weight excluding hydrogens is 858 g/mol. The molecule has 0 atom stereocenters. The molecule has 0 fully saturated rings. The van der Waals surface area contributed by atoms with Gasteiger partial charge in [0.05, 0.1) is 16.6 Å². The number of para-hydroxylation sites is 3. The Hall–Kier alpha value is -6.29. The monoisotopic (exact) mass is 891 g/mol. The number of phenols is 1. The van der Waals surface area contributed by atoms with Gasteiger partial charge < -0.3 is 9.52 Å². The zero-order valence-electron chi connectivity index (χ0n) is 30.1. The van der Waals surface area contributed by atoms with E-state index in [1.54, 1.807) is 6.07 Å². The van der Waals surface area contributed by atoms with Crippen molar-refractivity contribution in [3.05, 3.63) is 181 Å². The van der Waals surface area contributed by atoms with Crippen LogP contribution in [0.1, 0.15) is 25.0 Å². The maximum absolute atomic E-state index is 11.0. The first-order chi connectivity index (χ1) is 26.4. The van der Waals surface area contributed by atoms with E-state index in [9.17, 15) is 5.11 Å². The Balaban J connectivity index is 0.00000397. The fourth-order valence-corrected chi connectivity index (χ4v) is 7.78. The molecule has 10 aromatic rings. The third-order valence-electron chi connectivity index (χ3n) is 10.7. The molecule has 5 nitrogen and oxygen atoms in total. The van der Waals surface area contributed by atoms with Gasteiger partial charge in [0, 0.05) is 60.2 Å². The second-order valence-corrected chi connectivity index (χ2v) is 14.3. The Bertz CT molecular complexity index is 3040. The minimum atomic E-state index is -0.347. The molecule has 10 rings (SSSR count). The SMILES string of the molecule is CC(C)(c1ccccc1)c1cc(-c2cc3oc4c5ccccc5ccc4c3cn2)[c-]c(-c2cccc3c2nc(-c2ccccc2O)n3-c2ccccc2)c1.[Pt]. The number of fused-ring (bicyclic) bond motifs is 6. The largest absolute Gasteiger partial charge is 0.507 e. The predicted molar refractivity (Wildman–Crippen MR) is 219 cm³/mol. The van der Waals surface area contributed by atoms with Crippen LogP contribution in [0.3, 0.4) is 0 Å². The van der Waals surface area contributed by atoms with Gasteiger partial charge in [-0.3, -0.25) is 9.55 Å². The molecule has 0 saturated carbocycles. The number of hydrogen-bond donors (Lipinski definition) is 1. The van der Waals surface area contributed by atoms with Crippen LogP contribution >= 0.6 is 0 Å². The van der Waals surface area contributed by atoms with Crippen LogP contribution in [0.15, 0.2) is 168 Å². The number of pyridine rings is 1. The molecule has 0 amide bonds. The first-order valence-corrected chi connectivity index (χ1v) is 18.1. The maximum atomic E-state index is 11.0. The van der Waals surface area contributed by atoms with Crippen molar-refractivity contribution in [1.29, 1.82) is 0 Å². The minimum absolute atomic E-state index is 0. The van der Waals surface area contributed by atoms with Gasteiger partial charge in [-0.25, -0.2) is 4.98 Å². The van der Waals surface area contributed by atoms with E-state index in [0.29, 0.717) is 11.4 Å².